The molecule has 0 aromatic heterocycles. The van der Waals surface area contributed by atoms with Gasteiger partial charge in [0.05, 0.1) is 10.9 Å². The molecule has 13 heteroatoms. The van der Waals surface area contributed by atoms with Gasteiger partial charge in [-0.1, -0.05) is 65.0 Å². The summed E-state index contributed by atoms with van der Waals surface area (Å²) in [6, 6.07) is 9.83. The van der Waals surface area contributed by atoms with Crippen molar-refractivity contribution < 1.29 is 32.4 Å². The second-order valence-corrected chi connectivity index (χ2v) is 14.1. The van der Waals surface area contributed by atoms with Crippen molar-refractivity contribution in [3.63, 3.8) is 0 Å². The lowest BCUT2D eigenvalue weighted by molar-refractivity contribution is -0.141. The van der Waals surface area contributed by atoms with E-state index in [0.717, 1.165) is 5.56 Å². The highest BCUT2D eigenvalue weighted by Gasteiger charge is 2.43. The van der Waals surface area contributed by atoms with Gasteiger partial charge in [-0.15, -0.1) is 0 Å². The highest BCUT2D eigenvalue weighted by Crippen LogP contribution is 2.32. The Bertz CT molecular complexity index is 1530. The summed E-state index contributed by atoms with van der Waals surface area (Å²) < 4.78 is 26.0. The van der Waals surface area contributed by atoms with Crippen LogP contribution in [-0.2, 0) is 42.3 Å². The van der Waals surface area contributed by atoms with Crippen LogP contribution in [0, 0.1) is 11.3 Å². The standard InChI is InChI=1S/C31H41N5O7S/c1-18(2)24(25(37)28(39)33-16-20-12-14-22(15-13-20)44(42,43)32-7)35-27(38)19(3)34-29(40)26(31(4,5)6)36-17-21-10-8-9-11-23(21)30(36)41/h8-15,18-19,24,26,32H,16-17H2,1-7H3,(H,33,39)(H,34,40)(H,35,38). The molecular formula is C31H41N5O7S. The van der Waals surface area contributed by atoms with Crippen molar-refractivity contribution in [2.45, 2.75) is 77.7 Å². The third-order valence-electron chi connectivity index (χ3n) is 7.41. The molecule has 3 atom stereocenters. The summed E-state index contributed by atoms with van der Waals surface area (Å²) in [5.41, 5.74) is 1.26. The van der Waals surface area contributed by atoms with Crippen molar-refractivity contribution in [2.24, 2.45) is 11.3 Å². The van der Waals surface area contributed by atoms with Crippen LogP contribution < -0.4 is 20.7 Å². The van der Waals surface area contributed by atoms with E-state index in [1.807, 2.05) is 32.9 Å². The lowest BCUT2D eigenvalue weighted by atomic mass is 9.84. The number of carbonyl (C=O) groups excluding carboxylic acids is 5. The Balaban J connectivity index is 1.63. The van der Waals surface area contributed by atoms with Gasteiger partial charge in [0.1, 0.15) is 12.1 Å². The van der Waals surface area contributed by atoms with E-state index >= 15 is 0 Å². The number of hydrogen-bond acceptors (Lipinski definition) is 7. The van der Waals surface area contributed by atoms with Gasteiger partial charge in [-0.05, 0) is 54.6 Å². The first-order valence-corrected chi connectivity index (χ1v) is 15.8. The molecule has 1 aliphatic rings. The maximum atomic E-state index is 13.5. The zero-order chi connectivity index (χ0) is 33.0. The second-order valence-electron chi connectivity index (χ2n) is 12.2. The fourth-order valence-corrected chi connectivity index (χ4v) is 5.70. The maximum absolute atomic E-state index is 13.5. The Morgan fingerprint density at radius 1 is 0.909 bits per heavy atom. The number of fused-ring (bicyclic) bond motifs is 1. The Morgan fingerprint density at radius 2 is 1.52 bits per heavy atom. The maximum Gasteiger partial charge on any atom is 0.289 e. The predicted octanol–water partition coefficient (Wildman–Crippen LogP) is 1.50. The summed E-state index contributed by atoms with van der Waals surface area (Å²) in [7, 11) is -2.31. The summed E-state index contributed by atoms with van der Waals surface area (Å²) in [6.45, 7) is 10.5. The molecule has 1 aliphatic heterocycles. The first-order valence-electron chi connectivity index (χ1n) is 14.3. The number of hydrogen-bond donors (Lipinski definition) is 4. The molecule has 0 aliphatic carbocycles. The van der Waals surface area contributed by atoms with Gasteiger partial charge in [0.2, 0.25) is 27.6 Å². The van der Waals surface area contributed by atoms with Crippen molar-refractivity contribution in [1.29, 1.82) is 0 Å². The highest BCUT2D eigenvalue weighted by atomic mass is 32.2. The largest absolute Gasteiger partial charge is 0.345 e. The normalized spacial score (nSPS) is 15.3. The molecule has 3 unspecified atom stereocenters. The molecule has 3 rings (SSSR count). The van der Waals surface area contributed by atoms with Gasteiger partial charge < -0.3 is 20.9 Å². The predicted molar refractivity (Wildman–Crippen MR) is 163 cm³/mol. The topological polar surface area (TPSA) is 171 Å². The summed E-state index contributed by atoms with van der Waals surface area (Å²) in [4.78, 5) is 67.1. The zero-order valence-electron chi connectivity index (χ0n) is 26.1. The molecule has 12 nitrogen and oxygen atoms in total. The van der Waals surface area contributed by atoms with Gasteiger partial charge in [0.15, 0.2) is 0 Å². The van der Waals surface area contributed by atoms with Crippen LogP contribution in [0.2, 0.25) is 0 Å². The van der Waals surface area contributed by atoms with E-state index in [4.69, 9.17) is 0 Å². The lowest BCUT2D eigenvalue weighted by Gasteiger charge is -2.37. The molecule has 2 aromatic rings. The SMILES string of the molecule is CNS(=O)(=O)c1ccc(CNC(=O)C(=O)C(NC(=O)C(C)NC(=O)C(N2Cc3ccccc3C2=O)C(C)(C)C)C(C)C)cc1. The van der Waals surface area contributed by atoms with E-state index in [1.165, 1.54) is 43.1 Å². The Labute approximate surface area is 258 Å². The third-order valence-corrected chi connectivity index (χ3v) is 8.84. The van der Waals surface area contributed by atoms with Crippen molar-refractivity contribution in [1.82, 2.24) is 25.6 Å². The molecule has 4 amide bonds. The molecule has 2 aromatic carbocycles. The smallest absolute Gasteiger partial charge is 0.289 e. The first-order chi connectivity index (χ1) is 20.5. The van der Waals surface area contributed by atoms with Gasteiger partial charge in [0.25, 0.3) is 11.8 Å². The van der Waals surface area contributed by atoms with Crippen LogP contribution in [0.4, 0.5) is 0 Å². The number of Topliss-reactive ketones (excluding diaryl/α,β-unsaturated/α-hetero) is 1. The van der Waals surface area contributed by atoms with Gasteiger partial charge in [-0.2, -0.15) is 0 Å². The van der Waals surface area contributed by atoms with E-state index in [1.54, 1.807) is 26.0 Å². The number of carbonyl (C=O) groups is 5. The number of rotatable bonds is 12. The second kappa shape index (κ2) is 13.7. The molecule has 0 saturated heterocycles. The van der Waals surface area contributed by atoms with E-state index in [-0.39, 0.29) is 23.9 Å². The van der Waals surface area contributed by atoms with Crippen LogP contribution in [-0.4, -0.2) is 67.9 Å². The third kappa shape index (κ3) is 7.88. The molecule has 0 spiro atoms. The molecule has 0 fully saturated rings. The monoisotopic (exact) mass is 627 g/mol. The van der Waals surface area contributed by atoms with Gasteiger partial charge >= 0.3 is 0 Å². The van der Waals surface area contributed by atoms with E-state index in [9.17, 15) is 32.4 Å². The van der Waals surface area contributed by atoms with Crippen LogP contribution in [0.25, 0.3) is 0 Å². The van der Waals surface area contributed by atoms with E-state index in [2.05, 4.69) is 20.7 Å². The van der Waals surface area contributed by atoms with Crippen LogP contribution >= 0.6 is 0 Å². The first kappa shape index (κ1) is 34.4. The number of benzene rings is 2. The van der Waals surface area contributed by atoms with Gasteiger partial charge in [-0.25, -0.2) is 13.1 Å². The average molecular weight is 628 g/mol. The quantitative estimate of drug-likeness (QED) is 0.258. The van der Waals surface area contributed by atoms with Crippen molar-refractivity contribution in [3.8, 4) is 0 Å². The molecule has 238 valence electrons. The van der Waals surface area contributed by atoms with Crippen LogP contribution in [0.5, 0.6) is 0 Å². The van der Waals surface area contributed by atoms with Gasteiger partial charge in [0, 0.05) is 18.7 Å². The van der Waals surface area contributed by atoms with Crippen LogP contribution in [0.15, 0.2) is 53.4 Å². The number of nitrogens with zero attached hydrogens (tertiary/aromatic N) is 1. The molecule has 1 heterocycles. The lowest BCUT2D eigenvalue weighted by Crippen LogP contribution is -2.59. The van der Waals surface area contributed by atoms with Crippen molar-refractivity contribution >= 4 is 39.4 Å². The molecule has 0 bridgehead atoms. The fourth-order valence-electron chi connectivity index (χ4n) is 4.97. The van der Waals surface area contributed by atoms with Crippen molar-refractivity contribution in [2.75, 3.05) is 7.05 Å². The molecule has 4 N–H and O–H groups in total. The summed E-state index contributed by atoms with van der Waals surface area (Å²) in [5, 5.41) is 7.77. The highest BCUT2D eigenvalue weighted by molar-refractivity contribution is 7.89. The molecule has 44 heavy (non-hydrogen) atoms. The molecule has 0 saturated carbocycles. The Morgan fingerprint density at radius 3 is 2.07 bits per heavy atom. The molecule has 0 radical (unpaired) electrons. The fraction of sp³-hybridized carbons (Fsp3) is 0.452. The molecular weight excluding hydrogens is 586 g/mol. The number of ketones is 1. The Hall–Kier alpha value is -4.10. The number of nitrogens with one attached hydrogen (secondary N) is 4. The average Bonchev–Trinajstić information content (AvgIpc) is 3.28. The van der Waals surface area contributed by atoms with Crippen molar-refractivity contribution in [3.05, 3.63) is 65.2 Å². The minimum absolute atomic E-state index is 0.0387. The number of sulfonamides is 1. The van der Waals surface area contributed by atoms with Crippen LogP contribution in [0.3, 0.4) is 0 Å². The van der Waals surface area contributed by atoms with Crippen LogP contribution in [0.1, 0.15) is 63.0 Å². The van der Waals surface area contributed by atoms with E-state index < -0.39 is 63.0 Å². The zero-order valence-corrected chi connectivity index (χ0v) is 26.9. The Kier molecular flexibility index (Phi) is 10.7. The minimum atomic E-state index is -3.61. The summed E-state index contributed by atoms with van der Waals surface area (Å²) in [5.74, 6) is -3.68. The summed E-state index contributed by atoms with van der Waals surface area (Å²) in [6.07, 6.45) is 0. The minimum Gasteiger partial charge on any atom is -0.345 e. The summed E-state index contributed by atoms with van der Waals surface area (Å²) >= 11 is 0. The van der Waals surface area contributed by atoms with E-state index in [0.29, 0.717) is 11.1 Å². The van der Waals surface area contributed by atoms with Gasteiger partial charge in [-0.3, -0.25) is 24.0 Å². The number of amides is 4.